The fourth-order valence-corrected chi connectivity index (χ4v) is 2.11. The van der Waals surface area contributed by atoms with Crippen LogP contribution < -0.4 is 5.32 Å². The second-order valence-corrected chi connectivity index (χ2v) is 5.33. The summed E-state index contributed by atoms with van der Waals surface area (Å²) in [7, 11) is 0. The molecular formula is C13H24N4. The van der Waals surface area contributed by atoms with Gasteiger partial charge in [-0.05, 0) is 31.7 Å². The van der Waals surface area contributed by atoms with Gasteiger partial charge >= 0.3 is 0 Å². The van der Waals surface area contributed by atoms with E-state index in [0.29, 0.717) is 11.8 Å². The van der Waals surface area contributed by atoms with Gasteiger partial charge in [0.1, 0.15) is 0 Å². The zero-order valence-electron chi connectivity index (χ0n) is 11.2. The quantitative estimate of drug-likeness (QED) is 0.789. The van der Waals surface area contributed by atoms with Crippen LogP contribution in [-0.2, 0) is 6.54 Å². The fourth-order valence-electron chi connectivity index (χ4n) is 2.11. The van der Waals surface area contributed by atoms with Crippen molar-refractivity contribution in [2.45, 2.75) is 58.5 Å². The molecule has 2 unspecified atom stereocenters. The highest BCUT2D eigenvalue weighted by Gasteiger charge is 2.24. The second-order valence-electron chi connectivity index (χ2n) is 5.33. The third-order valence-corrected chi connectivity index (χ3v) is 3.71. The van der Waals surface area contributed by atoms with E-state index in [-0.39, 0.29) is 0 Å². The van der Waals surface area contributed by atoms with Crippen molar-refractivity contribution >= 4 is 0 Å². The van der Waals surface area contributed by atoms with Crippen LogP contribution in [0.4, 0.5) is 0 Å². The Morgan fingerprint density at radius 1 is 1.47 bits per heavy atom. The molecule has 0 radical (unpaired) electrons. The fraction of sp³-hybridized carbons (Fsp3) is 0.846. The van der Waals surface area contributed by atoms with Crippen LogP contribution in [0.3, 0.4) is 0 Å². The van der Waals surface area contributed by atoms with Gasteiger partial charge in [0.25, 0.3) is 0 Å². The summed E-state index contributed by atoms with van der Waals surface area (Å²) in [6, 6.07) is 0.795. The van der Waals surface area contributed by atoms with Crippen molar-refractivity contribution in [2.75, 3.05) is 6.54 Å². The molecule has 1 aliphatic carbocycles. The summed E-state index contributed by atoms with van der Waals surface area (Å²) < 4.78 is 2.05. The predicted molar refractivity (Wildman–Crippen MR) is 68.9 cm³/mol. The molecule has 17 heavy (non-hydrogen) atoms. The second kappa shape index (κ2) is 5.63. The molecule has 0 bridgehead atoms. The zero-order valence-corrected chi connectivity index (χ0v) is 11.2. The molecule has 2 rings (SSSR count). The Morgan fingerprint density at radius 2 is 2.24 bits per heavy atom. The van der Waals surface area contributed by atoms with Crippen molar-refractivity contribution in [3.8, 4) is 0 Å². The number of aromatic nitrogens is 3. The molecule has 0 aromatic carbocycles. The van der Waals surface area contributed by atoms with E-state index in [0.717, 1.165) is 25.6 Å². The normalized spacial score (nSPS) is 19.2. The van der Waals surface area contributed by atoms with E-state index >= 15 is 0 Å². The summed E-state index contributed by atoms with van der Waals surface area (Å²) in [5, 5.41) is 11.8. The highest BCUT2D eigenvalue weighted by Crippen LogP contribution is 2.25. The first-order chi connectivity index (χ1) is 8.22. The van der Waals surface area contributed by atoms with E-state index in [9.17, 15) is 0 Å². The van der Waals surface area contributed by atoms with Crippen LogP contribution in [-0.4, -0.2) is 27.6 Å². The van der Waals surface area contributed by atoms with Crippen molar-refractivity contribution in [2.24, 2.45) is 5.92 Å². The molecule has 1 aromatic heterocycles. The van der Waals surface area contributed by atoms with Crippen LogP contribution in [0.15, 0.2) is 6.20 Å². The third-order valence-electron chi connectivity index (χ3n) is 3.71. The van der Waals surface area contributed by atoms with Gasteiger partial charge in [-0.1, -0.05) is 26.0 Å². The number of rotatable bonds is 7. The van der Waals surface area contributed by atoms with Crippen molar-refractivity contribution in [1.82, 2.24) is 20.3 Å². The average molecular weight is 236 g/mol. The Balaban J connectivity index is 1.91. The van der Waals surface area contributed by atoms with E-state index in [4.69, 9.17) is 0 Å². The standard InChI is InChI=1S/C13H24N4/c1-4-7-17-13(9-15-16-17)11(3)10(2)8-14-12-5-6-12/h9-12,14H,4-8H2,1-3H3. The minimum absolute atomic E-state index is 0.516. The van der Waals surface area contributed by atoms with Crippen LogP contribution >= 0.6 is 0 Å². The van der Waals surface area contributed by atoms with E-state index in [1.807, 2.05) is 6.20 Å². The van der Waals surface area contributed by atoms with Crippen LogP contribution in [0.2, 0.25) is 0 Å². The molecule has 1 aliphatic rings. The van der Waals surface area contributed by atoms with Crippen molar-refractivity contribution in [3.05, 3.63) is 11.9 Å². The minimum Gasteiger partial charge on any atom is -0.314 e. The van der Waals surface area contributed by atoms with Crippen molar-refractivity contribution < 1.29 is 0 Å². The molecule has 0 amide bonds. The SMILES string of the molecule is CCCn1nncc1C(C)C(C)CNC1CC1. The van der Waals surface area contributed by atoms with Gasteiger partial charge in [-0.25, -0.2) is 4.68 Å². The lowest BCUT2D eigenvalue weighted by Gasteiger charge is -2.20. The predicted octanol–water partition coefficient (Wildman–Crippen LogP) is 2.18. The maximum absolute atomic E-state index is 4.16. The minimum atomic E-state index is 0.516. The zero-order chi connectivity index (χ0) is 12.3. The largest absolute Gasteiger partial charge is 0.314 e. The number of nitrogens with one attached hydrogen (secondary N) is 1. The van der Waals surface area contributed by atoms with Gasteiger partial charge in [0.05, 0.1) is 11.9 Å². The monoisotopic (exact) mass is 236 g/mol. The third kappa shape index (κ3) is 3.28. The first-order valence-corrected chi connectivity index (χ1v) is 6.84. The molecular weight excluding hydrogens is 212 g/mol. The number of hydrogen-bond donors (Lipinski definition) is 1. The lowest BCUT2D eigenvalue weighted by atomic mass is 9.93. The molecule has 1 aromatic rings. The first-order valence-electron chi connectivity index (χ1n) is 6.84. The first kappa shape index (κ1) is 12.6. The summed E-state index contributed by atoms with van der Waals surface area (Å²) in [5.74, 6) is 1.15. The maximum atomic E-state index is 4.16. The molecule has 4 nitrogen and oxygen atoms in total. The number of hydrogen-bond acceptors (Lipinski definition) is 3. The highest BCUT2D eigenvalue weighted by atomic mass is 15.4. The van der Waals surface area contributed by atoms with Crippen LogP contribution in [0.1, 0.15) is 51.6 Å². The Morgan fingerprint density at radius 3 is 2.88 bits per heavy atom. The van der Waals surface area contributed by atoms with Gasteiger partial charge in [0.15, 0.2) is 0 Å². The number of aryl methyl sites for hydroxylation is 1. The van der Waals surface area contributed by atoms with Gasteiger partial charge in [-0.3, -0.25) is 0 Å². The van der Waals surface area contributed by atoms with Gasteiger partial charge in [-0.15, -0.1) is 5.10 Å². The molecule has 96 valence electrons. The van der Waals surface area contributed by atoms with Crippen LogP contribution in [0.5, 0.6) is 0 Å². The summed E-state index contributed by atoms with van der Waals surface area (Å²) in [6.45, 7) is 8.84. The van der Waals surface area contributed by atoms with E-state index in [1.165, 1.54) is 18.5 Å². The maximum Gasteiger partial charge on any atom is 0.0728 e. The van der Waals surface area contributed by atoms with Crippen LogP contribution in [0, 0.1) is 5.92 Å². The Bertz CT molecular complexity index is 343. The number of nitrogens with zero attached hydrogens (tertiary/aromatic N) is 3. The summed E-state index contributed by atoms with van der Waals surface area (Å²) in [5.41, 5.74) is 1.27. The smallest absolute Gasteiger partial charge is 0.0728 e. The summed E-state index contributed by atoms with van der Waals surface area (Å²) in [6.07, 6.45) is 5.75. The average Bonchev–Trinajstić information content (AvgIpc) is 3.05. The van der Waals surface area contributed by atoms with E-state index < -0.39 is 0 Å². The molecule has 0 spiro atoms. The van der Waals surface area contributed by atoms with Crippen molar-refractivity contribution in [3.63, 3.8) is 0 Å². The molecule has 0 aliphatic heterocycles. The van der Waals surface area contributed by atoms with Crippen molar-refractivity contribution in [1.29, 1.82) is 0 Å². The highest BCUT2D eigenvalue weighted by molar-refractivity contribution is 5.04. The Kier molecular flexibility index (Phi) is 4.15. The molecule has 1 N–H and O–H groups in total. The Labute approximate surface area is 104 Å². The molecule has 4 heteroatoms. The summed E-state index contributed by atoms with van der Waals surface area (Å²) in [4.78, 5) is 0. The lowest BCUT2D eigenvalue weighted by Crippen LogP contribution is -2.27. The van der Waals surface area contributed by atoms with E-state index in [1.54, 1.807) is 0 Å². The lowest BCUT2D eigenvalue weighted by molar-refractivity contribution is 0.417. The molecule has 1 saturated carbocycles. The topological polar surface area (TPSA) is 42.7 Å². The van der Waals surface area contributed by atoms with Gasteiger partial charge < -0.3 is 5.32 Å². The van der Waals surface area contributed by atoms with E-state index in [2.05, 4.69) is 41.1 Å². The van der Waals surface area contributed by atoms with Gasteiger partial charge in [-0.2, -0.15) is 0 Å². The van der Waals surface area contributed by atoms with Gasteiger partial charge in [0.2, 0.25) is 0 Å². The molecule has 1 fully saturated rings. The molecule has 2 atom stereocenters. The Hall–Kier alpha value is -0.900. The molecule has 1 heterocycles. The van der Waals surface area contributed by atoms with Gasteiger partial charge in [0, 0.05) is 18.5 Å². The molecule has 0 saturated heterocycles. The van der Waals surface area contributed by atoms with Crippen LogP contribution in [0.25, 0.3) is 0 Å². The summed E-state index contributed by atoms with van der Waals surface area (Å²) >= 11 is 0.